The van der Waals surface area contributed by atoms with E-state index < -0.39 is 4.92 Å². The summed E-state index contributed by atoms with van der Waals surface area (Å²) >= 11 is 7.99. The smallest absolute Gasteiger partial charge is 0.275 e. The summed E-state index contributed by atoms with van der Waals surface area (Å²) < 4.78 is 13.7. The van der Waals surface area contributed by atoms with Crippen molar-refractivity contribution in [2.75, 3.05) is 5.32 Å². The molecule has 104 valence electrons. The first-order chi connectivity index (χ1) is 9.49. The van der Waals surface area contributed by atoms with Crippen molar-refractivity contribution in [1.82, 2.24) is 0 Å². The Morgan fingerprint density at radius 3 is 2.75 bits per heavy atom. The molecule has 2 rings (SSSR count). The molecule has 0 bridgehead atoms. The third-order valence-electron chi connectivity index (χ3n) is 2.68. The summed E-state index contributed by atoms with van der Waals surface area (Å²) in [4.78, 5) is 10.5. The first kappa shape index (κ1) is 15.0. The van der Waals surface area contributed by atoms with Gasteiger partial charge in [0, 0.05) is 21.9 Å². The fourth-order valence-corrected chi connectivity index (χ4v) is 2.61. The molecule has 0 aliphatic rings. The Balaban J connectivity index is 2.25. The van der Waals surface area contributed by atoms with Crippen LogP contribution >= 0.6 is 34.2 Å². The van der Waals surface area contributed by atoms with Gasteiger partial charge in [-0.1, -0.05) is 17.7 Å². The number of rotatable bonds is 4. The van der Waals surface area contributed by atoms with Gasteiger partial charge in [0.1, 0.15) is 5.82 Å². The number of nitrogens with one attached hydrogen (secondary N) is 1. The zero-order valence-electron chi connectivity index (χ0n) is 10.1. The van der Waals surface area contributed by atoms with Crippen LogP contribution in [0.15, 0.2) is 36.4 Å². The molecule has 4 nitrogen and oxygen atoms in total. The van der Waals surface area contributed by atoms with Crippen LogP contribution in [0.2, 0.25) is 5.02 Å². The van der Waals surface area contributed by atoms with Crippen LogP contribution in [0.5, 0.6) is 0 Å². The predicted molar refractivity (Wildman–Crippen MR) is 84.6 cm³/mol. The highest BCUT2D eigenvalue weighted by atomic mass is 127. The minimum absolute atomic E-state index is 0.0397. The lowest BCUT2D eigenvalue weighted by Crippen LogP contribution is -2.05. The lowest BCUT2D eigenvalue weighted by atomic mass is 10.1. The molecule has 0 radical (unpaired) electrons. The van der Waals surface area contributed by atoms with Gasteiger partial charge in [0.25, 0.3) is 5.69 Å². The number of benzene rings is 2. The molecule has 0 heterocycles. The van der Waals surface area contributed by atoms with E-state index in [1.165, 1.54) is 24.3 Å². The summed E-state index contributed by atoms with van der Waals surface area (Å²) in [5.41, 5.74) is 1.06. The molecule has 0 fully saturated rings. The number of nitrogens with zero attached hydrogens (tertiary/aromatic N) is 1. The molecule has 2 aromatic rings. The van der Waals surface area contributed by atoms with Crippen molar-refractivity contribution in [1.29, 1.82) is 0 Å². The van der Waals surface area contributed by atoms with E-state index in [0.717, 1.165) is 0 Å². The van der Waals surface area contributed by atoms with Gasteiger partial charge in [0.2, 0.25) is 0 Å². The maximum Gasteiger partial charge on any atom is 0.275 e. The summed E-state index contributed by atoms with van der Waals surface area (Å²) in [6.45, 7) is 0.192. The molecule has 1 N–H and O–H groups in total. The van der Waals surface area contributed by atoms with Gasteiger partial charge >= 0.3 is 0 Å². The summed E-state index contributed by atoms with van der Waals surface area (Å²) in [5, 5.41) is 14.3. The minimum atomic E-state index is -0.474. The second-order valence-electron chi connectivity index (χ2n) is 3.97. The second-order valence-corrected chi connectivity index (χ2v) is 5.54. The Hall–Kier alpha value is -1.41. The van der Waals surface area contributed by atoms with Crippen molar-refractivity contribution in [3.05, 3.63) is 66.5 Å². The molecular formula is C13H9ClFIN2O2. The summed E-state index contributed by atoms with van der Waals surface area (Å²) in [5.74, 6) is -0.330. The fraction of sp³-hybridized carbons (Fsp3) is 0.0769. The van der Waals surface area contributed by atoms with Gasteiger partial charge in [-0.25, -0.2) is 4.39 Å². The second kappa shape index (κ2) is 6.36. The molecule has 0 unspecified atom stereocenters. The Morgan fingerprint density at radius 2 is 2.10 bits per heavy atom. The van der Waals surface area contributed by atoms with Crippen LogP contribution in [0.3, 0.4) is 0 Å². The van der Waals surface area contributed by atoms with Crippen molar-refractivity contribution in [2.45, 2.75) is 6.54 Å². The van der Waals surface area contributed by atoms with Crippen LogP contribution in [0.4, 0.5) is 15.8 Å². The molecule has 0 saturated heterocycles. The van der Waals surface area contributed by atoms with E-state index >= 15 is 0 Å². The highest BCUT2D eigenvalue weighted by molar-refractivity contribution is 14.1. The molecular weight excluding hydrogens is 398 g/mol. The Kier molecular flexibility index (Phi) is 4.77. The van der Waals surface area contributed by atoms with Crippen LogP contribution in [0.1, 0.15) is 5.56 Å². The lowest BCUT2D eigenvalue weighted by Gasteiger charge is -2.10. The van der Waals surface area contributed by atoms with Gasteiger partial charge in [-0.15, -0.1) is 0 Å². The van der Waals surface area contributed by atoms with Crippen molar-refractivity contribution in [3.8, 4) is 0 Å². The first-order valence-electron chi connectivity index (χ1n) is 5.59. The predicted octanol–water partition coefficient (Wildman–Crippen LogP) is 4.60. The third kappa shape index (κ3) is 3.37. The molecule has 0 atom stereocenters. The number of halogens is 3. The molecule has 2 aromatic carbocycles. The van der Waals surface area contributed by atoms with Crippen molar-refractivity contribution in [3.63, 3.8) is 0 Å². The van der Waals surface area contributed by atoms with E-state index in [-0.39, 0.29) is 18.0 Å². The quantitative estimate of drug-likeness (QED) is 0.458. The standard InChI is InChI=1S/C13H9ClFIN2O2/c14-10-2-1-3-13(18(19)20)9(10)7-17-12-5-4-8(15)6-11(12)16/h1-6,17H,7H2. The Morgan fingerprint density at radius 1 is 1.35 bits per heavy atom. The van der Waals surface area contributed by atoms with Crippen LogP contribution in [0.25, 0.3) is 0 Å². The third-order valence-corrected chi connectivity index (χ3v) is 3.92. The maximum absolute atomic E-state index is 13.0. The largest absolute Gasteiger partial charge is 0.380 e. The number of nitro benzene ring substituents is 1. The van der Waals surface area contributed by atoms with Gasteiger partial charge in [0.15, 0.2) is 0 Å². The maximum atomic E-state index is 13.0. The Bertz CT molecular complexity index is 667. The molecule has 0 aliphatic carbocycles. The molecule has 0 spiro atoms. The first-order valence-corrected chi connectivity index (χ1v) is 7.05. The summed E-state index contributed by atoms with van der Waals surface area (Å²) in [6.07, 6.45) is 0. The highest BCUT2D eigenvalue weighted by Crippen LogP contribution is 2.28. The zero-order chi connectivity index (χ0) is 14.7. The normalized spacial score (nSPS) is 10.3. The summed E-state index contributed by atoms with van der Waals surface area (Å²) in [6, 6.07) is 8.82. The van der Waals surface area contributed by atoms with E-state index in [1.807, 2.05) is 22.6 Å². The van der Waals surface area contributed by atoms with Gasteiger partial charge < -0.3 is 5.32 Å². The number of nitro groups is 1. The number of anilines is 1. The molecule has 0 aliphatic heterocycles. The van der Waals surface area contributed by atoms with Crippen molar-refractivity contribution in [2.24, 2.45) is 0 Å². The van der Waals surface area contributed by atoms with Crippen LogP contribution < -0.4 is 5.32 Å². The Labute approximate surface area is 133 Å². The lowest BCUT2D eigenvalue weighted by molar-refractivity contribution is -0.385. The molecule has 0 amide bonds. The van der Waals surface area contributed by atoms with Gasteiger partial charge in [0.05, 0.1) is 15.5 Å². The fourth-order valence-electron chi connectivity index (χ4n) is 1.71. The van der Waals surface area contributed by atoms with Crippen LogP contribution in [-0.4, -0.2) is 4.92 Å². The summed E-state index contributed by atoms with van der Waals surface area (Å²) in [7, 11) is 0. The van der Waals surface area contributed by atoms with E-state index in [1.54, 1.807) is 12.1 Å². The SMILES string of the molecule is O=[N+]([O-])c1cccc(Cl)c1CNc1ccc(F)cc1I. The van der Waals surface area contributed by atoms with Gasteiger partial charge in [-0.3, -0.25) is 10.1 Å². The van der Waals surface area contributed by atoms with Gasteiger partial charge in [-0.05, 0) is 46.9 Å². The van der Waals surface area contributed by atoms with E-state index in [4.69, 9.17) is 11.6 Å². The topological polar surface area (TPSA) is 55.2 Å². The number of hydrogen-bond donors (Lipinski definition) is 1. The average molecular weight is 407 g/mol. The molecule has 0 aromatic heterocycles. The van der Waals surface area contributed by atoms with Crippen molar-refractivity contribution >= 4 is 45.6 Å². The average Bonchev–Trinajstić information content (AvgIpc) is 2.38. The van der Waals surface area contributed by atoms with Crippen LogP contribution in [0, 0.1) is 19.5 Å². The minimum Gasteiger partial charge on any atom is -0.380 e. The molecule has 20 heavy (non-hydrogen) atoms. The number of hydrogen-bond acceptors (Lipinski definition) is 3. The van der Waals surface area contributed by atoms with E-state index in [2.05, 4.69) is 5.32 Å². The molecule has 0 saturated carbocycles. The monoisotopic (exact) mass is 406 g/mol. The molecule has 7 heteroatoms. The van der Waals surface area contributed by atoms with Crippen LogP contribution in [-0.2, 0) is 6.54 Å². The van der Waals surface area contributed by atoms with E-state index in [9.17, 15) is 14.5 Å². The zero-order valence-corrected chi connectivity index (χ0v) is 13.0. The van der Waals surface area contributed by atoms with Crippen molar-refractivity contribution < 1.29 is 9.31 Å². The van der Waals surface area contributed by atoms with E-state index in [0.29, 0.717) is 19.8 Å². The highest BCUT2D eigenvalue weighted by Gasteiger charge is 2.16. The van der Waals surface area contributed by atoms with Gasteiger partial charge in [-0.2, -0.15) is 0 Å².